The molecule has 0 amide bonds. The van der Waals surface area contributed by atoms with Gasteiger partial charge in [-0.05, 0) is 58.3 Å². The van der Waals surface area contributed by atoms with Crippen LogP contribution in [-0.2, 0) is 0 Å². The zero-order valence-corrected chi connectivity index (χ0v) is 9.52. The van der Waals surface area contributed by atoms with Crippen LogP contribution < -0.4 is 21.3 Å². The first kappa shape index (κ1) is 11.3. The molecule has 0 aromatic carbocycles. The summed E-state index contributed by atoms with van der Waals surface area (Å²) >= 11 is 0. The van der Waals surface area contributed by atoms with Crippen molar-refractivity contribution in [1.29, 1.82) is 0 Å². The van der Waals surface area contributed by atoms with Gasteiger partial charge in [-0.15, -0.1) is 0 Å². The Balaban J connectivity index is 1.53. The first-order valence-corrected chi connectivity index (χ1v) is 6.39. The van der Waals surface area contributed by atoms with Gasteiger partial charge in [-0.3, -0.25) is 0 Å². The Morgan fingerprint density at radius 2 is 1.07 bits per heavy atom. The second-order valence-electron chi connectivity index (χ2n) is 4.56. The van der Waals surface area contributed by atoms with Crippen molar-refractivity contribution < 1.29 is 0 Å². The van der Waals surface area contributed by atoms with E-state index in [4.69, 9.17) is 0 Å². The van der Waals surface area contributed by atoms with Gasteiger partial charge in [0.25, 0.3) is 0 Å². The molecule has 4 nitrogen and oxygen atoms in total. The van der Waals surface area contributed by atoms with Gasteiger partial charge in [0.15, 0.2) is 0 Å². The molecular formula is C11H24N4. The molecular weight excluding hydrogens is 188 g/mol. The predicted octanol–water partition coefficient (Wildman–Crippen LogP) is -0.0253. The van der Waals surface area contributed by atoms with Crippen molar-refractivity contribution in [3.8, 4) is 0 Å². The van der Waals surface area contributed by atoms with Crippen LogP contribution in [0.4, 0.5) is 0 Å². The molecule has 0 spiro atoms. The minimum absolute atomic E-state index is 0.558. The van der Waals surface area contributed by atoms with Gasteiger partial charge in [0.05, 0.1) is 12.3 Å². The van der Waals surface area contributed by atoms with E-state index >= 15 is 0 Å². The lowest BCUT2D eigenvalue weighted by Crippen LogP contribution is -2.50. The SMILES string of the molecule is C1CNC(CCCC2NCCCN2)NC1. The van der Waals surface area contributed by atoms with Crippen LogP contribution in [0.2, 0.25) is 0 Å². The Kier molecular flexibility index (Phi) is 4.86. The zero-order chi connectivity index (χ0) is 10.3. The quantitative estimate of drug-likeness (QED) is 0.529. The second-order valence-corrected chi connectivity index (χ2v) is 4.56. The largest absolute Gasteiger partial charge is 0.302 e. The molecule has 0 aliphatic carbocycles. The topological polar surface area (TPSA) is 48.1 Å². The summed E-state index contributed by atoms with van der Waals surface area (Å²) in [5.74, 6) is 0. The summed E-state index contributed by atoms with van der Waals surface area (Å²) < 4.78 is 0. The molecule has 0 saturated carbocycles. The minimum atomic E-state index is 0.558. The zero-order valence-electron chi connectivity index (χ0n) is 9.52. The van der Waals surface area contributed by atoms with Crippen LogP contribution in [-0.4, -0.2) is 38.5 Å². The number of hydrogen-bond donors (Lipinski definition) is 4. The summed E-state index contributed by atoms with van der Waals surface area (Å²) in [4.78, 5) is 0. The van der Waals surface area contributed by atoms with E-state index in [1.165, 1.54) is 58.3 Å². The molecule has 2 rings (SSSR count). The van der Waals surface area contributed by atoms with Crippen LogP contribution in [0.15, 0.2) is 0 Å². The van der Waals surface area contributed by atoms with E-state index in [1.807, 2.05) is 0 Å². The Morgan fingerprint density at radius 1 is 0.667 bits per heavy atom. The Hall–Kier alpha value is -0.160. The highest BCUT2D eigenvalue weighted by molar-refractivity contribution is 4.74. The van der Waals surface area contributed by atoms with Crippen molar-refractivity contribution in [3.63, 3.8) is 0 Å². The summed E-state index contributed by atoms with van der Waals surface area (Å²) in [6.07, 6.45) is 7.43. The van der Waals surface area contributed by atoms with Gasteiger partial charge in [0, 0.05) is 0 Å². The average molecular weight is 212 g/mol. The van der Waals surface area contributed by atoms with E-state index in [2.05, 4.69) is 21.3 Å². The van der Waals surface area contributed by atoms with E-state index in [0.717, 1.165) is 0 Å². The third-order valence-electron chi connectivity index (χ3n) is 3.26. The van der Waals surface area contributed by atoms with Crippen LogP contribution in [0.1, 0.15) is 32.1 Å². The van der Waals surface area contributed by atoms with Crippen molar-refractivity contribution in [1.82, 2.24) is 21.3 Å². The standard InChI is InChI=1S/C11H24N4/c1(4-10-12-6-2-7-13-10)5-11-14-8-3-9-15-11/h10-15H,1-9H2. The van der Waals surface area contributed by atoms with Crippen LogP contribution in [0.25, 0.3) is 0 Å². The third kappa shape index (κ3) is 4.07. The maximum Gasteiger partial charge on any atom is 0.0571 e. The molecule has 4 heteroatoms. The van der Waals surface area contributed by atoms with Gasteiger partial charge in [0.1, 0.15) is 0 Å². The maximum absolute atomic E-state index is 3.50. The number of rotatable bonds is 4. The van der Waals surface area contributed by atoms with Gasteiger partial charge in [-0.2, -0.15) is 0 Å². The monoisotopic (exact) mass is 212 g/mol. The Labute approximate surface area is 92.6 Å². The smallest absolute Gasteiger partial charge is 0.0571 e. The molecule has 2 aliphatic rings. The average Bonchev–Trinajstić information content (AvgIpc) is 2.32. The van der Waals surface area contributed by atoms with E-state index < -0.39 is 0 Å². The molecule has 0 atom stereocenters. The van der Waals surface area contributed by atoms with Gasteiger partial charge < -0.3 is 21.3 Å². The van der Waals surface area contributed by atoms with Crippen LogP contribution in [0, 0.1) is 0 Å². The highest BCUT2D eigenvalue weighted by Crippen LogP contribution is 2.05. The summed E-state index contributed by atoms with van der Waals surface area (Å²) in [5, 5.41) is 14.0. The number of nitrogens with one attached hydrogen (secondary N) is 4. The second kappa shape index (κ2) is 6.43. The van der Waals surface area contributed by atoms with Crippen LogP contribution >= 0.6 is 0 Å². The molecule has 0 radical (unpaired) electrons. The summed E-state index contributed by atoms with van der Waals surface area (Å²) in [6, 6.07) is 0. The third-order valence-corrected chi connectivity index (χ3v) is 3.26. The number of hydrogen-bond acceptors (Lipinski definition) is 4. The van der Waals surface area contributed by atoms with Crippen molar-refractivity contribution in [2.45, 2.75) is 44.4 Å². The summed E-state index contributed by atoms with van der Waals surface area (Å²) in [6.45, 7) is 4.71. The Bertz CT molecular complexity index is 144. The normalized spacial score (nSPS) is 25.6. The van der Waals surface area contributed by atoms with Crippen molar-refractivity contribution >= 4 is 0 Å². The van der Waals surface area contributed by atoms with Crippen LogP contribution in [0.5, 0.6) is 0 Å². The van der Waals surface area contributed by atoms with Gasteiger partial charge in [-0.25, -0.2) is 0 Å². The predicted molar refractivity (Wildman–Crippen MR) is 62.7 cm³/mol. The van der Waals surface area contributed by atoms with E-state index in [9.17, 15) is 0 Å². The molecule has 88 valence electrons. The molecule has 2 heterocycles. The Morgan fingerprint density at radius 3 is 1.47 bits per heavy atom. The molecule has 15 heavy (non-hydrogen) atoms. The molecule has 2 saturated heterocycles. The summed E-state index contributed by atoms with van der Waals surface area (Å²) in [5.41, 5.74) is 0. The van der Waals surface area contributed by atoms with Gasteiger partial charge in [-0.1, -0.05) is 0 Å². The first-order valence-electron chi connectivity index (χ1n) is 6.39. The van der Waals surface area contributed by atoms with Crippen molar-refractivity contribution in [2.24, 2.45) is 0 Å². The van der Waals surface area contributed by atoms with Gasteiger partial charge >= 0.3 is 0 Å². The lowest BCUT2D eigenvalue weighted by Gasteiger charge is -2.28. The maximum atomic E-state index is 3.50. The van der Waals surface area contributed by atoms with Crippen LogP contribution in [0.3, 0.4) is 0 Å². The van der Waals surface area contributed by atoms with E-state index in [1.54, 1.807) is 0 Å². The van der Waals surface area contributed by atoms with Gasteiger partial charge in [0.2, 0.25) is 0 Å². The lowest BCUT2D eigenvalue weighted by atomic mass is 10.1. The lowest BCUT2D eigenvalue weighted by molar-refractivity contribution is 0.308. The molecule has 2 aliphatic heterocycles. The van der Waals surface area contributed by atoms with E-state index in [0.29, 0.717) is 12.3 Å². The van der Waals surface area contributed by atoms with Crippen molar-refractivity contribution in [3.05, 3.63) is 0 Å². The molecule has 0 unspecified atom stereocenters. The van der Waals surface area contributed by atoms with E-state index in [-0.39, 0.29) is 0 Å². The molecule has 0 bridgehead atoms. The molecule has 2 fully saturated rings. The van der Waals surface area contributed by atoms with Crippen molar-refractivity contribution in [2.75, 3.05) is 26.2 Å². The summed E-state index contributed by atoms with van der Waals surface area (Å²) in [7, 11) is 0. The highest BCUT2D eigenvalue weighted by atomic mass is 15.2. The fraction of sp³-hybridized carbons (Fsp3) is 1.00. The minimum Gasteiger partial charge on any atom is -0.302 e. The molecule has 0 aromatic rings. The molecule has 4 N–H and O–H groups in total. The first-order chi connectivity index (χ1) is 7.45. The fourth-order valence-corrected chi connectivity index (χ4v) is 2.36. The fourth-order valence-electron chi connectivity index (χ4n) is 2.36. The molecule has 0 aromatic heterocycles. The highest BCUT2D eigenvalue weighted by Gasteiger charge is 2.14.